The number of benzene rings is 1. The number of aromatic nitrogens is 2. The molecule has 1 amide bonds. The highest BCUT2D eigenvalue weighted by molar-refractivity contribution is 5.76. The molecule has 5 rings (SSSR count). The van der Waals surface area contributed by atoms with Crippen LogP contribution in [0.25, 0.3) is 0 Å². The third-order valence-electron chi connectivity index (χ3n) is 7.69. The Balaban J connectivity index is 1.14. The molecule has 3 aliphatic rings. The fraction of sp³-hybridized carbons (Fsp3) is 0.593. The Labute approximate surface area is 197 Å². The number of nitrogens with zero attached hydrogens (tertiary/aromatic N) is 4. The summed E-state index contributed by atoms with van der Waals surface area (Å²) < 4.78 is 5.88. The van der Waals surface area contributed by atoms with E-state index in [0.29, 0.717) is 24.8 Å². The predicted molar refractivity (Wildman–Crippen MR) is 128 cm³/mol. The Hall–Kier alpha value is -2.31. The Bertz CT molecular complexity index is 882. The van der Waals surface area contributed by atoms with Gasteiger partial charge in [-0.3, -0.25) is 19.7 Å². The van der Waals surface area contributed by atoms with Gasteiger partial charge in [0.2, 0.25) is 5.91 Å². The number of carbonyl (C=O) groups excluding carboxylic acids is 1. The van der Waals surface area contributed by atoms with Crippen molar-refractivity contribution >= 4 is 5.91 Å². The zero-order chi connectivity index (χ0) is 22.5. The first-order valence-electron chi connectivity index (χ1n) is 12.7. The van der Waals surface area contributed by atoms with Crippen molar-refractivity contribution in [2.24, 2.45) is 5.92 Å². The average Bonchev–Trinajstić information content (AvgIpc) is 3.53. The molecule has 0 N–H and O–H groups in total. The molecular weight excluding hydrogens is 412 g/mol. The molecule has 2 saturated heterocycles. The second-order valence-corrected chi connectivity index (χ2v) is 9.94. The highest BCUT2D eigenvalue weighted by Crippen LogP contribution is 2.29. The zero-order valence-electron chi connectivity index (χ0n) is 19.6. The maximum absolute atomic E-state index is 13.2. The molecule has 6 heteroatoms. The highest BCUT2D eigenvalue weighted by atomic mass is 16.5. The summed E-state index contributed by atoms with van der Waals surface area (Å²) in [5.41, 5.74) is 3.94. The van der Waals surface area contributed by atoms with E-state index in [1.807, 2.05) is 0 Å². The molecule has 1 aromatic heterocycles. The van der Waals surface area contributed by atoms with Gasteiger partial charge in [-0.2, -0.15) is 0 Å². The van der Waals surface area contributed by atoms with Crippen LogP contribution in [0.15, 0.2) is 42.9 Å². The number of rotatable bonds is 8. The number of ether oxygens (including phenoxy) is 1. The van der Waals surface area contributed by atoms with Crippen molar-refractivity contribution in [2.75, 3.05) is 32.8 Å². The van der Waals surface area contributed by atoms with E-state index in [4.69, 9.17) is 4.74 Å². The van der Waals surface area contributed by atoms with Gasteiger partial charge in [0.15, 0.2) is 0 Å². The first-order valence-corrected chi connectivity index (χ1v) is 12.7. The van der Waals surface area contributed by atoms with Crippen molar-refractivity contribution < 1.29 is 9.53 Å². The molecule has 1 atom stereocenters. The van der Waals surface area contributed by atoms with E-state index in [2.05, 4.69) is 44.0 Å². The van der Waals surface area contributed by atoms with Crippen LogP contribution in [0.4, 0.5) is 0 Å². The van der Waals surface area contributed by atoms with Crippen LogP contribution in [0.3, 0.4) is 0 Å². The molecule has 0 radical (unpaired) electrons. The molecule has 3 heterocycles. The normalized spacial score (nSPS) is 21.9. The monoisotopic (exact) mass is 448 g/mol. The molecule has 2 aromatic rings. The van der Waals surface area contributed by atoms with Crippen LogP contribution in [0.2, 0.25) is 0 Å². The summed E-state index contributed by atoms with van der Waals surface area (Å²) in [6, 6.07) is 9.56. The third kappa shape index (κ3) is 5.79. The standard InChI is InChI=1S/C27H36N4O2/c32-27(8-7-24-18-28-11-12-29-24)31(20-26-6-3-15-33-26)19-21-9-13-30(14-10-21)25-16-22-4-1-2-5-23(22)17-25/h1-2,4-5,11-12,18,21,25-26H,3,6-10,13-17,19-20H2. The Morgan fingerprint density at radius 2 is 1.85 bits per heavy atom. The van der Waals surface area contributed by atoms with E-state index < -0.39 is 0 Å². The van der Waals surface area contributed by atoms with Gasteiger partial charge in [-0.25, -0.2) is 0 Å². The van der Waals surface area contributed by atoms with Crippen molar-refractivity contribution in [1.29, 1.82) is 0 Å². The molecule has 1 aromatic carbocycles. The molecule has 1 unspecified atom stereocenters. The summed E-state index contributed by atoms with van der Waals surface area (Å²) in [6.07, 6.45) is 13.4. The number of carbonyl (C=O) groups is 1. The van der Waals surface area contributed by atoms with E-state index in [-0.39, 0.29) is 12.0 Å². The number of likely N-dealkylation sites (tertiary alicyclic amines) is 1. The lowest BCUT2D eigenvalue weighted by atomic mass is 9.94. The summed E-state index contributed by atoms with van der Waals surface area (Å²) in [7, 11) is 0. The van der Waals surface area contributed by atoms with Gasteiger partial charge in [-0.05, 0) is 75.1 Å². The summed E-state index contributed by atoms with van der Waals surface area (Å²) in [4.78, 5) is 26.4. The van der Waals surface area contributed by atoms with Crippen LogP contribution in [0, 0.1) is 5.92 Å². The van der Waals surface area contributed by atoms with E-state index >= 15 is 0 Å². The first-order chi connectivity index (χ1) is 16.2. The highest BCUT2D eigenvalue weighted by Gasteiger charge is 2.31. The minimum absolute atomic E-state index is 0.197. The third-order valence-corrected chi connectivity index (χ3v) is 7.69. The molecule has 0 spiro atoms. The van der Waals surface area contributed by atoms with Crippen LogP contribution < -0.4 is 0 Å². The Morgan fingerprint density at radius 3 is 2.52 bits per heavy atom. The maximum atomic E-state index is 13.2. The van der Waals surface area contributed by atoms with Crippen molar-refractivity contribution in [3.8, 4) is 0 Å². The second kappa shape index (κ2) is 10.7. The van der Waals surface area contributed by atoms with Crippen molar-refractivity contribution in [1.82, 2.24) is 19.8 Å². The molecule has 2 aliphatic heterocycles. The minimum Gasteiger partial charge on any atom is -0.376 e. The zero-order valence-corrected chi connectivity index (χ0v) is 19.6. The smallest absolute Gasteiger partial charge is 0.223 e. The lowest BCUT2D eigenvalue weighted by molar-refractivity contribution is -0.133. The average molecular weight is 449 g/mol. The maximum Gasteiger partial charge on any atom is 0.223 e. The van der Waals surface area contributed by atoms with Gasteiger partial charge in [0.05, 0.1) is 11.8 Å². The fourth-order valence-electron chi connectivity index (χ4n) is 5.77. The lowest BCUT2D eigenvalue weighted by Crippen LogP contribution is -2.46. The summed E-state index contributed by atoms with van der Waals surface area (Å²) in [5, 5.41) is 0. The number of piperidine rings is 1. The Morgan fingerprint density at radius 1 is 1.06 bits per heavy atom. The summed E-state index contributed by atoms with van der Waals surface area (Å²) in [6.45, 7) is 4.71. The van der Waals surface area contributed by atoms with Gasteiger partial charge in [0, 0.05) is 50.7 Å². The number of aryl methyl sites for hydroxylation is 1. The number of hydrogen-bond donors (Lipinski definition) is 0. The van der Waals surface area contributed by atoms with Gasteiger partial charge in [-0.1, -0.05) is 24.3 Å². The van der Waals surface area contributed by atoms with Crippen LogP contribution in [-0.2, 0) is 28.8 Å². The van der Waals surface area contributed by atoms with E-state index in [1.165, 1.54) is 36.8 Å². The molecule has 6 nitrogen and oxygen atoms in total. The van der Waals surface area contributed by atoms with Gasteiger partial charge in [0.25, 0.3) is 0 Å². The molecule has 176 valence electrons. The minimum atomic E-state index is 0.197. The van der Waals surface area contributed by atoms with Crippen LogP contribution in [-0.4, -0.2) is 70.6 Å². The van der Waals surface area contributed by atoms with Crippen molar-refractivity contribution in [2.45, 2.75) is 63.5 Å². The van der Waals surface area contributed by atoms with Crippen LogP contribution in [0.5, 0.6) is 0 Å². The van der Waals surface area contributed by atoms with Gasteiger partial charge >= 0.3 is 0 Å². The number of amides is 1. The second-order valence-electron chi connectivity index (χ2n) is 9.94. The summed E-state index contributed by atoms with van der Waals surface area (Å²) in [5.74, 6) is 0.803. The molecule has 1 aliphatic carbocycles. The quantitative estimate of drug-likeness (QED) is 0.620. The van der Waals surface area contributed by atoms with Crippen molar-refractivity contribution in [3.63, 3.8) is 0 Å². The molecule has 33 heavy (non-hydrogen) atoms. The van der Waals surface area contributed by atoms with Crippen LogP contribution in [0.1, 0.15) is 48.9 Å². The van der Waals surface area contributed by atoms with Gasteiger partial charge in [-0.15, -0.1) is 0 Å². The molecule has 2 fully saturated rings. The van der Waals surface area contributed by atoms with E-state index in [9.17, 15) is 4.79 Å². The Kier molecular flexibility index (Phi) is 7.32. The predicted octanol–water partition coefficient (Wildman–Crippen LogP) is 3.30. The number of hydrogen-bond acceptors (Lipinski definition) is 5. The van der Waals surface area contributed by atoms with Gasteiger partial charge in [0.1, 0.15) is 0 Å². The van der Waals surface area contributed by atoms with E-state index in [0.717, 1.165) is 51.3 Å². The van der Waals surface area contributed by atoms with Crippen LogP contribution >= 0.6 is 0 Å². The molecule has 0 saturated carbocycles. The van der Waals surface area contributed by atoms with E-state index in [1.54, 1.807) is 18.6 Å². The number of fused-ring (bicyclic) bond motifs is 1. The first kappa shape index (κ1) is 22.5. The molecular formula is C27H36N4O2. The van der Waals surface area contributed by atoms with Gasteiger partial charge < -0.3 is 9.64 Å². The largest absolute Gasteiger partial charge is 0.376 e. The fourth-order valence-corrected chi connectivity index (χ4v) is 5.77. The SMILES string of the molecule is O=C(CCc1cnccn1)N(CC1CCN(C2Cc3ccccc3C2)CC1)CC1CCCO1. The van der Waals surface area contributed by atoms with Crippen molar-refractivity contribution in [3.05, 3.63) is 59.7 Å². The lowest BCUT2D eigenvalue weighted by Gasteiger charge is -2.38. The molecule has 0 bridgehead atoms. The topological polar surface area (TPSA) is 58.6 Å². The summed E-state index contributed by atoms with van der Waals surface area (Å²) >= 11 is 0.